The molecule has 5 rings (SSSR count). The van der Waals surface area contributed by atoms with E-state index >= 15 is 0 Å². The highest BCUT2D eigenvalue weighted by Gasteiger charge is 2.15. The number of carbonyl (C=O) groups is 1. The number of nitrogens with zero attached hydrogens (tertiary/aromatic N) is 1. The summed E-state index contributed by atoms with van der Waals surface area (Å²) in [6, 6.07) is 34.5. The fourth-order valence-electron chi connectivity index (χ4n) is 4.53. The van der Waals surface area contributed by atoms with Gasteiger partial charge in [0, 0.05) is 5.69 Å². The Hall–Kier alpha value is -5.25. The van der Waals surface area contributed by atoms with Gasteiger partial charge in [-0.05, 0) is 76.9 Å². The Balaban J connectivity index is 1.25. The van der Waals surface area contributed by atoms with Gasteiger partial charge in [-0.25, -0.2) is 0 Å². The Morgan fingerprint density at radius 1 is 0.907 bits per heavy atom. The largest absolute Gasteiger partial charge is 0.493 e. The molecule has 0 bridgehead atoms. The van der Waals surface area contributed by atoms with Gasteiger partial charge < -0.3 is 19.5 Å². The zero-order valence-electron chi connectivity index (χ0n) is 23.8. The lowest BCUT2D eigenvalue weighted by Crippen LogP contribution is -2.13. The standard InChI is InChI=1S/C36H29ClN2O4/c1-24-10-12-25(13-11-24)22-42-31-16-14-30(15-17-31)39-36(40)29(21-38)18-26-19-33(37)35(34(20-26)41-2)43-23-28-8-5-7-27-6-3-4-9-32(27)28/h3-20H,22-23H2,1-2H3,(H,39,40)/b29-18+. The van der Waals surface area contributed by atoms with E-state index in [4.69, 9.17) is 25.8 Å². The zero-order valence-corrected chi connectivity index (χ0v) is 24.5. The molecule has 214 valence electrons. The average Bonchev–Trinajstić information content (AvgIpc) is 3.03. The van der Waals surface area contributed by atoms with E-state index < -0.39 is 5.91 Å². The first-order chi connectivity index (χ1) is 20.9. The molecular formula is C36H29ClN2O4. The fourth-order valence-corrected chi connectivity index (χ4v) is 4.80. The summed E-state index contributed by atoms with van der Waals surface area (Å²) < 4.78 is 17.5. The number of nitriles is 1. The van der Waals surface area contributed by atoms with Crippen LogP contribution in [0.25, 0.3) is 16.8 Å². The molecule has 5 aromatic rings. The number of hydrogen-bond donors (Lipinski definition) is 1. The fraction of sp³-hybridized carbons (Fsp3) is 0.111. The van der Waals surface area contributed by atoms with Gasteiger partial charge in [-0.2, -0.15) is 5.26 Å². The molecule has 0 spiro atoms. The third kappa shape index (κ3) is 7.34. The van der Waals surface area contributed by atoms with Crippen molar-refractivity contribution >= 4 is 40.0 Å². The van der Waals surface area contributed by atoms with Gasteiger partial charge in [0.05, 0.1) is 12.1 Å². The van der Waals surface area contributed by atoms with E-state index in [-0.39, 0.29) is 12.2 Å². The van der Waals surface area contributed by atoms with Gasteiger partial charge in [0.2, 0.25) is 0 Å². The lowest BCUT2D eigenvalue weighted by molar-refractivity contribution is -0.112. The Kier molecular flexibility index (Phi) is 9.26. The van der Waals surface area contributed by atoms with Crippen LogP contribution in [-0.2, 0) is 18.0 Å². The molecule has 1 N–H and O–H groups in total. The van der Waals surface area contributed by atoms with Crippen molar-refractivity contribution < 1.29 is 19.0 Å². The first-order valence-corrected chi connectivity index (χ1v) is 14.0. The van der Waals surface area contributed by atoms with Gasteiger partial charge in [-0.15, -0.1) is 0 Å². The van der Waals surface area contributed by atoms with Crippen LogP contribution in [-0.4, -0.2) is 13.0 Å². The molecule has 43 heavy (non-hydrogen) atoms. The summed E-state index contributed by atoms with van der Waals surface area (Å²) in [6.45, 7) is 2.76. The first kappa shape index (κ1) is 29.2. The van der Waals surface area contributed by atoms with E-state index in [9.17, 15) is 10.1 Å². The van der Waals surface area contributed by atoms with Crippen molar-refractivity contribution in [3.63, 3.8) is 0 Å². The van der Waals surface area contributed by atoms with Crippen LogP contribution in [0, 0.1) is 18.3 Å². The van der Waals surface area contributed by atoms with Crippen molar-refractivity contribution in [3.8, 4) is 23.3 Å². The van der Waals surface area contributed by atoms with Gasteiger partial charge in [0.15, 0.2) is 11.5 Å². The number of nitrogens with one attached hydrogen (secondary N) is 1. The van der Waals surface area contributed by atoms with Crippen LogP contribution < -0.4 is 19.5 Å². The predicted molar refractivity (Wildman–Crippen MR) is 170 cm³/mol. The summed E-state index contributed by atoms with van der Waals surface area (Å²) in [5.41, 5.74) is 4.22. The zero-order chi connectivity index (χ0) is 30.2. The highest BCUT2D eigenvalue weighted by molar-refractivity contribution is 6.32. The molecule has 0 heterocycles. The van der Waals surface area contributed by atoms with Crippen molar-refractivity contribution in [3.05, 3.63) is 136 Å². The number of carbonyl (C=O) groups excluding carboxylic acids is 1. The third-order valence-electron chi connectivity index (χ3n) is 6.82. The van der Waals surface area contributed by atoms with Crippen molar-refractivity contribution in [1.29, 1.82) is 5.26 Å². The molecule has 1 amide bonds. The van der Waals surface area contributed by atoms with Crippen LogP contribution in [0.4, 0.5) is 5.69 Å². The molecular weight excluding hydrogens is 560 g/mol. The maximum absolute atomic E-state index is 12.9. The van der Waals surface area contributed by atoms with Gasteiger partial charge in [-0.3, -0.25) is 4.79 Å². The number of rotatable bonds is 10. The van der Waals surface area contributed by atoms with Crippen LogP contribution in [0.5, 0.6) is 17.2 Å². The summed E-state index contributed by atoms with van der Waals surface area (Å²) in [5.74, 6) is 0.876. The summed E-state index contributed by atoms with van der Waals surface area (Å²) in [7, 11) is 1.51. The first-order valence-electron chi connectivity index (χ1n) is 13.6. The lowest BCUT2D eigenvalue weighted by Gasteiger charge is -2.14. The molecule has 7 heteroatoms. The number of fused-ring (bicyclic) bond motifs is 1. The van der Waals surface area contributed by atoms with Crippen LogP contribution in [0.3, 0.4) is 0 Å². The normalized spacial score (nSPS) is 11.1. The highest BCUT2D eigenvalue weighted by Crippen LogP contribution is 2.38. The Morgan fingerprint density at radius 2 is 1.65 bits per heavy atom. The Morgan fingerprint density at radius 3 is 2.40 bits per heavy atom. The van der Waals surface area contributed by atoms with E-state index in [0.29, 0.717) is 40.1 Å². The van der Waals surface area contributed by atoms with Crippen LogP contribution >= 0.6 is 11.6 Å². The molecule has 0 aliphatic heterocycles. The Bertz CT molecular complexity index is 1820. The monoisotopic (exact) mass is 588 g/mol. The number of ether oxygens (including phenoxy) is 3. The summed E-state index contributed by atoms with van der Waals surface area (Å²) in [6.07, 6.45) is 1.46. The molecule has 0 aliphatic rings. The summed E-state index contributed by atoms with van der Waals surface area (Å²) >= 11 is 6.59. The predicted octanol–water partition coefficient (Wildman–Crippen LogP) is 8.51. The molecule has 0 aliphatic carbocycles. The van der Waals surface area contributed by atoms with Gasteiger partial charge >= 0.3 is 0 Å². The van der Waals surface area contributed by atoms with E-state index in [0.717, 1.165) is 21.9 Å². The van der Waals surface area contributed by atoms with Crippen molar-refractivity contribution in [2.24, 2.45) is 0 Å². The average molecular weight is 589 g/mol. The molecule has 0 saturated carbocycles. The van der Waals surface area contributed by atoms with E-state index in [1.807, 2.05) is 79.7 Å². The van der Waals surface area contributed by atoms with Gasteiger partial charge in [-0.1, -0.05) is 83.9 Å². The molecule has 0 aromatic heterocycles. The van der Waals surface area contributed by atoms with Crippen molar-refractivity contribution in [2.45, 2.75) is 20.1 Å². The van der Waals surface area contributed by atoms with Gasteiger partial charge in [0.1, 0.15) is 30.6 Å². The number of halogens is 1. The van der Waals surface area contributed by atoms with E-state index in [1.165, 1.54) is 18.7 Å². The number of methoxy groups -OCH3 is 1. The topological polar surface area (TPSA) is 80.6 Å². The van der Waals surface area contributed by atoms with E-state index in [2.05, 4.69) is 5.32 Å². The number of hydrogen-bond acceptors (Lipinski definition) is 5. The maximum Gasteiger partial charge on any atom is 0.266 e. The molecule has 5 aromatic carbocycles. The molecule has 0 atom stereocenters. The summed E-state index contributed by atoms with van der Waals surface area (Å²) in [4.78, 5) is 12.9. The second-order valence-corrected chi connectivity index (χ2v) is 10.3. The van der Waals surface area contributed by atoms with Crippen LogP contribution in [0.15, 0.2) is 109 Å². The summed E-state index contributed by atoms with van der Waals surface area (Å²) in [5, 5.41) is 15.0. The molecule has 0 unspecified atom stereocenters. The minimum atomic E-state index is -0.554. The van der Waals surface area contributed by atoms with Crippen LogP contribution in [0.1, 0.15) is 22.3 Å². The molecule has 0 saturated heterocycles. The Labute approximate surface area is 255 Å². The number of aryl methyl sites for hydroxylation is 1. The second-order valence-electron chi connectivity index (χ2n) is 9.88. The molecule has 0 radical (unpaired) electrons. The maximum atomic E-state index is 12.9. The minimum Gasteiger partial charge on any atom is -0.493 e. The molecule has 6 nitrogen and oxygen atoms in total. The third-order valence-corrected chi connectivity index (χ3v) is 7.10. The smallest absolute Gasteiger partial charge is 0.266 e. The lowest BCUT2D eigenvalue weighted by atomic mass is 10.1. The molecule has 0 fully saturated rings. The van der Waals surface area contributed by atoms with Crippen molar-refractivity contribution in [2.75, 3.05) is 12.4 Å². The van der Waals surface area contributed by atoms with Crippen molar-refractivity contribution in [1.82, 2.24) is 0 Å². The van der Waals surface area contributed by atoms with Crippen LogP contribution in [0.2, 0.25) is 5.02 Å². The highest BCUT2D eigenvalue weighted by atomic mass is 35.5. The number of amides is 1. The number of anilines is 1. The number of benzene rings is 5. The minimum absolute atomic E-state index is 0.0951. The quantitative estimate of drug-likeness (QED) is 0.131. The van der Waals surface area contributed by atoms with Gasteiger partial charge in [0.25, 0.3) is 5.91 Å². The SMILES string of the molecule is COc1cc(/C=C(\C#N)C(=O)Nc2ccc(OCc3ccc(C)cc3)cc2)cc(Cl)c1OCc1cccc2ccccc12. The van der Waals surface area contributed by atoms with E-state index in [1.54, 1.807) is 36.4 Å². The second kappa shape index (κ2) is 13.6.